The lowest BCUT2D eigenvalue weighted by Crippen LogP contribution is -2.29. The molecule has 0 aliphatic carbocycles. The van der Waals surface area contributed by atoms with E-state index in [-0.39, 0.29) is 5.56 Å². The van der Waals surface area contributed by atoms with Crippen molar-refractivity contribution in [2.45, 2.75) is 46.2 Å². The number of aromatic nitrogens is 2. The highest BCUT2D eigenvalue weighted by Gasteiger charge is 2.09. The smallest absolute Gasteiger partial charge is 0.268 e. The third-order valence-electron chi connectivity index (χ3n) is 3.43. The molecule has 2 aromatic heterocycles. The Hall–Kier alpha value is -1.20. The van der Waals surface area contributed by atoms with Crippen molar-refractivity contribution in [3.05, 3.63) is 27.6 Å². The van der Waals surface area contributed by atoms with E-state index >= 15 is 0 Å². The largest absolute Gasteiger partial charge is 0.308 e. The van der Waals surface area contributed by atoms with Crippen molar-refractivity contribution in [2.75, 3.05) is 0 Å². The molecule has 2 rings (SSSR count). The van der Waals surface area contributed by atoms with Gasteiger partial charge in [0.25, 0.3) is 5.56 Å². The molecule has 2 heterocycles. The van der Waals surface area contributed by atoms with Crippen LogP contribution in [0.5, 0.6) is 0 Å². The molecule has 0 aliphatic heterocycles. The van der Waals surface area contributed by atoms with Crippen molar-refractivity contribution < 1.29 is 0 Å². The highest BCUT2D eigenvalue weighted by atomic mass is 32.1. The Kier molecular flexibility index (Phi) is 4.71. The number of thiophene rings is 1. The molecule has 0 spiro atoms. The standard InChI is InChI=1S/C14H21N3OS/c1-4-9(2)7-10(3)15-8-12-16-11-5-6-19-13(11)14(18)17-12/h5-6,9-10,15H,4,7-8H2,1-3H3,(H,16,17,18). The average Bonchev–Trinajstić information content (AvgIpc) is 2.85. The second kappa shape index (κ2) is 6.30. The second-order valence-corrected chi connectivity index (χ2v) is 6.09. The predicted octanol–water partition coefficient (Wildman–Crippen LogP) is 2.90. The quantitative estimate of drug-likeness (QED) is 0.855. The normalized spacial score (nSPS) is 14.7. The van der Waals surface area contributed by atoms with E-state index in [1.807, 2.05) is 11.4 Å². The van der Waals surface area contributed by atoms with Gasteiger partial charge in [-0.3, -0.25) is 4.79 Å². The molecular weight excluding hydrogens is 258 g/mol. The van der Waals surface area contributed by atoms with Gasteiger partial charge in [-0.25, -0.2) is 4.98 Å². The van der Waals surface area contributed by atoms with Gasteiger partial charge >= 0.3 is 0 Å². The maximum absolute atomic E-state index is 11.8. The van der Waals surface area contributed by atoms with Crippen LogP contribution in [-0.2, 0) is 6.54 Å². The van der Waals surface area contributed by atoms with Crippen LogP contribution in [0, 0.1) is 5.92 Å². The van der Waals surface area contributed by atoms with E-state index in [0.717, 1.165) is 11.9 Å². The fraction of sp³-hybridized carbons (Fsp3) is 0.571. The van der Waals surface area contributed by atoms with Crippen LogP contribution in [0.4, 0.5) is 0 Å². The van der Waals surface area contributed by atoms with Crippen molar-refractivity contribution in [1.82, 2.24) is 15.3 Å². The molecule has 0 aromatic carbocycles. The summed E-state index contributed by atoms with van der Waals surface area (Å²) in [5.74, 6) is 1.43. The second-order valence-electron chi connectivity index (χ2n) is 5.18. The van der Waals surface area contributed by atoms with Gasteiger partial charge in [0, 0.05) is 6.04 Å². The fourth-order valence-corrected chi connectivity index (χ4v) is 2.86. The van der Waals surface area contributed by atoms with Crippen LogP contribution in [0.25, 0.3) is 10.2 Å². The van der Waals surface area contributed by atoms with Gasteiger partial charge in [0.05, 0.1) is 12.1 Å². The first-order valence-corrected chi connectivity index (χ1v) is 7.68. The molecule has 2 unspecified atom stereocenters. The molecular formula is C14H21N3OS. The van der Waals surface area contributed by atoms with E-state index in [2.05, 4.69) is 36.1 Å². The van der Waals surface area contributed by atoms with Crippen LogP contribution in [0.15, 0.2) is 16.2 Å². The predicted molar refractivity (Wildman–Crippen MR) is 80.6 cm³/mol. The van der Waals surface area contributed by atoms with E-state index in [9.17, 15) is 4.79 Å². The molecule has 2 N–H and O–H groups in total. The van der Waals surface area contributed by atoms with Crippen LogP contribution in [-0.4, -0.2) is 16.0 Å². The van der Waals surface area contributed by atoms with E-state index in [0.29, 0.717) is 29.0 Å². The first-order valence-electron chi connectivity index (χ1n) is 6.80. The summed E-state index contributed by atoms with van der Waals surface area (Å²) < 4.78 is 0.705. The van der Waals surface area contributed by atoms with Gasteiger partial charge in [-0.1, -0.05) is 20.3 Å². The molecule has 104 valence electrons. The summed E-state index contributed by atoms with van der Waals surface area (Å²) in [5.41, 5.74) is 0.756. The Morgan fingerprint density at radius 1 is 1.47 bits per heavy atom. The Bertz CT molecular complexity index is 590. The Morgan fingerprint density at radius 3 is 3.00 bits per heavy atom. The topological polar surface area (TPSA) is 57.8 Å². The highest BCUT2D eigenvalue weighted by Crippen LogP contribution is 2.14. The van der Waals surface area contributed by atoms with Gasteiger partial charge in [-0.05, 0) is 30.7 Å². The molecule has 4 nitrogen and oxygen atoms in total. The highest BCUT2D eigenvalue weighted by molar-refractivity contribution is 7.17. The molecule has 0 saturated carbocycles. The first-order chi connectivity index (χ1) is 9.10. The van der Waals surface area contributed by atoms with Gasteiger partial charge in [0.1, 0.15) is 10.5 Å². The maximum atomic E-state index is 11.8. The van der Waals surface area contributed by atoms with Gasteiger partial charge in [-0.15, -0.1) is 11.3 Å². The summed E-state index contributed by atoms with van der Waals surface area (Å²) in [7, 11) is 0. The van der Waals surface area contributed by atoms with Gasteiger partial charge < -0.3 is 10.3 Å². The molecule has 0 fully saturated rings. The van der Waals surface area contributed by atoms with E-state index in [1.165, 1.54) is 17.8 Å². The molecule has 5 heteroatoms. The SMILES string of the molecule is CCC(C)CC(C)NCc1nc2ccsc2c(=O)[nH]1. The lowest BCUT2D eigenvalue weighted by molar-refractivity contribution is 0.409. The zero-order chi connectivity index (χ0) is 13.8. The van der Waals surface area contributed by atoms with Crippen LogP contribution < -0.4 is 10.9 Å². The number of fused-ring (bicyclic) bond motifs is 1. The number of nitrogens with zero attached hydrogens (tertiary/aromatic N) is 1. The molecule has 0 amide bonds. The number of hydrogen-bond donors (Lipinski definition) is 2. The first kappa shape index (κ1) is 14.2. The number of rotatable bonds is 6. The monoisotopic (exact) mass is 279 g/mol. The van der Waals surface area contributed by atoms with E-state index < -0.39 is 0 Å². The minimum atomic E-state index is -0.0358. The minimum Gasteiger partial charge on any atom is -0.308 e. The zero-order valence-electron chi connectivity index (χ0n) is 11.7. The van der Waals surface area contributed by atoms with Crippen molar-refractivity contribution in [3.63, 3.8) is 0 Å². The number of H-pyrrole nitrogens is 1. The number of aromatic amines is 1. The van der Waals surface area contributed by atoms with Gasteiger partial charge in [-0.2, -0.15) is 0 Å². The minimum absolute atomic E-state index is 0.0358. The van der Waals surface area contributed by atoms with Crippen molar-refractivity contribution in [1.29, 1.82) is 0 Å². The summed E-state index contributed by atoms with van der Waals surface area (Å²) in [6, 6.07) is 2.32. The van der Waals surface area contributed by atoms with Crippen LogP contribution >= 0.6 is 11.3 Å². The lowest BCUT2D eigenvalue weighted by Gasteiger charge is -2.17. The summed E-state index contributed by atoms with van der Waals surface area (Å²) in [6.07, 6.45) is 2.34. The molecule has 0 aliphatic rings. The molecule has 2 atom stereocenters. The summed E-state index contributed by atoms with van der Waals surface area (Å²) in [6.45, 7) is 7.25. The maximum Gasteiger partial charge on any atom is 0.268 e. The van der Waals surface area contributed by atoms with Crippen molar-refractivity contribution in [2.24, 2.45) is 5.92 Å². The Morgan fingerprint density at radius 2 is 2.26 bits per heavy atom. The summed E-state index contributed by atoms with van der Waals surface area (Å²) in [4.78, 5) is 19.1. The number of nitrogens with one attached hydrogen (secondary N) is 2. The van der Waals surface area contributed by atoms with Crippen molar-refractivity contribution >= 4 is 21.6 Å². The third kappa shape index (κ3) is 3.64. The van der Waals surface area contributed by atoms with E-state index in [1.54, 1.807) is 0 Å². The Labute approximate surface area is 117 Å². The van der Waals surface area contributed by atoms with Gasteiger partial charge in [0.2, 0.25) is 0 Å². The van der Waals surface area contributed by atoms with Crippen molar-refractivity contribution in [3.8, 4) is 0 Å². The lowest BCUT2D eigenvalue weighted by atomic mass is 10.0. The van der Waals surface area contributed by atoms with Crippen LogP contribution in [0.2, 0.25) is 0 Å². The Balaban J connectivity index is 1.99. The van der Waals surface area contributed by atoms with Gasteiger partial charge in [0.15, 0.2) is 0 Å². The zero-order valence-corrected chi connectivity index (χ0v) is 12.5. The van der Waals surface area contributed by atoms with E-state index in [4.69, 9.17) is 0 Å². The molecule has 0 saturated heterocycles. The molecule has 0 bridgehead atoms. The fourth-order valence-electron chi connectivity index (χ4n) is 2.13. The molecule has 19 heavy (non-hydrogen) atoms. The third-order valence-corrected chi connectivity index (χ3v) is 4.34. The molecule has 0 radical (unpaired) electrons. The van der Waals surface area contributed by atoms with Crippen LogP contribution in [0.1, 0.15) is 39.4 Å². The molecule has 2 aromatic rings. The summed E-state index contributed by atoms with van der Waals surface area (Å²) >= 11 is 1.43. The van der Waals surface area contributed by atoms with Crippen LogP contribution in [0.3, 0.4) is 0 Å². The number of hydrogen-bond acceptors (Lipinski definition) is 4. The average molecular weight is 279 g/mol. The summed E-state index contributed by atoms with van der Waals surface area (Å²) in [5, 5.41) is 5.32.